The highest BCUT2D eigenvalue weighted by atomic mass is 79.9. The molecule has 0 aromatic heterocycles. The van der Waals surface area contributed by atoms with Crippen molar-refractivity contribution in [3.8, 4) is 0 Å². The summed E-state index contributed by atoms with van der Waals surface area (Å²) in [5.74, 6) is 0.410. The van der Waals surface area contributed by atoms with E-state index >= 15 is 0 Å². The Hall–Kier alpha value is -1.07. The van der Waals surface area contributed by atoms with Gasteiger partial charge in [-0.25, -0.2) is 0 Å². The maximum atomic E-state index is 9.61. The van der Waals surface area contributed by atoms with Crippen molar-refractivity contribution in [1.82, 2.24) is 0 Å². The monoisotopic (exact) mass is 311 g/mol. The zero-order valence-corrected chi connectivity index (χ0v) is 11.9. The molecule has 0 aliphatic carbocycles. The Bertz CT molecular complexity index is 462. The number of anilines is 1. The van der Waals surface area contributed by atoms with E-state index in [0.717, 1.165) is 29.7 Å². The Morgan fingerprint density at radius 2 is 2.33 bits per heavy atom. The van der Waals surface area contributed by atoms with Crippen molar-refractivity contribution in [3.05, 3.63) is 28.2 Å². The van der Waals surface area contributed by atoms with Crippen molar-refractivity contribution < 1.29 is 5.11 Å². The van der Waals surface area contributed by atoms with Gasteiger partial charge < -0.3 is 15.7 Å². The number of nitrogen functional groups attached to an aromatic ring is 1. The van der Waals surface area contributed by atoms with E-state index in [0.29, 0.717) is 11.5 Å². The molecule has 4 nitrogen and oxygen atoms in total. The van der Waals surface area contributed by atoms with Gasteiger partial charge in [0.05, 0.1) is 6.10 Å². The van der Waals surface area contributed by atoms with E-state index in [1.54, 1.807) is 0 Å². The average Bonchev–Trinajstić information content (AvgIpc) is 2.77. The molecule has 1 fully saturated rings. The molecule has 1 saturated heterocycles. The third-order valence-electron chi connectivity index (χ3n) is 3.51. The number of hydrogen-bond acceptors (Lipinski definition) is 3. The second-order valence-electron chi connectivity index (χ2n) is 4.81. The van der Waals surface area contributed by atoms with Gasteiger partial charge in [-0.3, -0.25) is 5.41 Å². The molecule has 0 bridgehead atoms. The van der Waals surface area contributed by atoms with Crippen LogP contribution in [0.4, 0.5) is 5.69 Å². The van der Waals surface area contributed by atoms with Crippen molar-refractivity contribution in [1.29, 1.82) is 5.41 Å². The number of benzene rings is 1. The van der Waals surface area contributed by atoms with Crippen LogP contribution in [0.5, 0.6) is 0 Å². The summed E-state index contributed by atoms with van der Waals surface area (Å²) in [5.41, 5.74) is 7.31. The summed E-state index contributed by atoms with van der Waals surface area (Å²) in [6.07, 6.45) is 0.763. The molecule has 1 heterocycles. The molecule has 0 saturated carbocycles. The summed E-state index contributed by atoms with van der Waals surface area (Å²) in [7, 11) is 0. The van der Waals surface area contributed by atoms with E-state index in [9.17, 15) is 5.11 Å². The van der Waals surface area contributed by atoms with Gasteiger partial charge in [-0.1, -0.05) is 0 Å². The number of hydrogen-bond donors (Lipinski definition) is 3. The van der Waals surface area contributed by atoms with Gasteiger partial charge in [0.2, 0.25) is 0 Å². The van der Waals surface area contributed by atoms with E-state index in [2.05, 4.69) is 20.8 Å². The molecule has 98 valence electrons. The summed E-state index contributed by atoms with van der Waals surface area (Å²) in [5, 5.41) is 17.1. The van der Waals surface area contributed by atoms with E-state index in [-0.39, 0.29) is 11.9 Å². The van der Waals surface area contributed by atoms with E-state index < -0.39 is 0 Å². The smallest absolute Gasteiger partial charge is 0.123 e. The van der Waals surface area contributed by atoms with Crippen LogP contribution in [0.1, 0.15) is 18.9 Å². The summed E-state index contributed by atoms with van der Waals surface area (Å²) in [6, 6.07) is 5.82. The first kappa shape index (κ1) is 13.4. The minimum Gasteiger partial charge on any atom is -0.393 e. The summed E-state index contributed by atoms with van der Waals surface area (Å²) in [4.78, 5) is 2.26. The Balaban J connectivity index is 2.16. The highest BCUT2D eigenvalue weighted by Crippen LogP contribution is 2.29. The molecular weight excluding hydrogens is 294 g/mol. The molecule has 2 atom stereocenters. The molecule has 0 amide bonds. The molecule has 4 N–H and O–H groups in total. The van der Waals surface area contributed by atoms with Crippen molar-refractivity contribution in [2.75, 3.05) is 18.0 Å². The van der Waals surface area contributed by atoms with Crippen molar-refractivity contribution in [2.24, 2.45) is 11.7 Å². The molecule has 1 aromatic rings. The molecule has 5 heteroatoms. The topological polar surface area (TPSA) is 73.3 Å². The van der Waals surface area contributed by atoms with Crippen LogP contribution in [0, 0.1) is 11.3 Å². The SMILES string of the molecule is CC(O)C1CCN(c2ccc(C(=N)N)c(Br)c2)C1. The van der Waals surface area contributed by atoms with E-state index in [1.807, 2.05) is 25.1 Å². The van der Waals surface area contributed by atoms with Gasteiger partial charge in [-0.05, 0) is 47.5 Å². The summed E-state index contributed by atoms with van der Waals surface area (Å²) in [6.45, 7) is 3.69. The number of nitrogens with two attached hydrogens (primary N) is 1. The van der Waals surface area contributed by atoms with Crippen LogP contribution in [0.3, 0.4) is 0 Å². The number of halogens is 1. The number of nitrogens with one attached hydrogen (secondary N) is 1. The lowest BCUT2D eigenvalue weighted by atomic mass is 10.0. The fraction of sp³-hybridized carbons (Fsp3) is 0.462. The third-order valence-corrected chi connectivity index (χ3v) is 4.17. The molecule has 2 rings (SSSR count). The minimum absolute atomic E-state index is 0.0664. The molecule has 1 aliphatic rings. The van der Waals surface area contributed by atoms with Crippen LogP contribution >= 0.6 is 15.9 Å². The predicted octanol–water partition coefficient (Wildman–Crippen LogP) is 1.94. The Kier molecular flexibility index (Phi) is 3.92. The zero-order valence-electron chi connectivity index (χ0n) is 10.4. The van der Waals surface area contributed by atoms with Gasteiger partial charge >= 0.3 is 0 Å². The first-order valence-electron chi connectivity index (χ1n) is 6.06. The highest BCUT2D eigenvalue weighted by molar-refractivity contribution is 9.10. The number of nitrogens with zero attached hydrogens (tertiary/aromatic N) is 1. The molecule has 1 aliphatic heterocycles. The Morgan fingerprint density at radius 1 is 1.61 bits per heavy atom. The summed E-state index contributed by atoms with van der Waals surface area (Å²) < 4.78 is 0.841. The molecule has 0 radical (unpaired) electrons. The molecule has 2 unspecified atom stereocenters. The van der Waals surface area contributed by atoms with Crippen LogP contribution in [0.25, 0.3) is 0 Å². The van der Waals surface area contributed by atoms with Crippen molar-refractivity contribution >= 4 is 27.5 Å². The van der Waals surface area contributed by atoms with Gasteiger partial charge in [-0.15, -0.1) is 0 Å². The maximum Gasteiger partial charge on any atom is 0.123 e. The van der Waals surface area contributed by atoms with Crippen molar-refractivity contribution in [3.63, 3.8) is 0 Å². The zero-order chi connectivity index (χ0) is 13.3. The van der Waals surface area contributed by atoms with Crippen LogP contribution in [-0.4, -0.2) is 30.1 Å². The van der Waals surface area contributed by atoms with Gasteiger partial charge in [0, 0.05) is 34.7 Å². The lowest BCUT2D eigenvalue weighted by Crippen LogP contribution is -2.24. The van der Waals surface area contributed by atoms with Gasteiger partial charge in [0.15, 0.2) is 0 Å². The first-order chi connectivity index (χ1) is 8.49. The molecule has 0 spiro atoms. The van der Waals surface area contributed by atoms with Crippen LogP contribution in [0.15, 0.2) is 22.7 Å². The quantitative estimate of drug-likeness (QED) is 0.590. The lowest BCUT2D eigenvalue weighted by Gasteiger charge is -2.20. The Labute approximate surface area is 115 Å². The van der Waals surface area contributed by atoms with Crippen LogP contribution < -0.4 is 10.6 Å². The Morgan fingerprint density at radius 3 is 2.83 bits per heavy atom. The third kappa shape index (κ3) is 2.67. The van der Waals surface area contributed by atoms with Gasteiger partial charge in [0.1, 0.15) is 5.84 Å². The number of aliphatic hydroxyl groups is 1. The fourth-order valence-electron chi connectivity index (χ4n) is 2.33. The number of aliphatic hydroxyl groups excluding tert-OH is 1. The van der Waals surface area contributed by atoms with E-state index in [1.165, 1.54) is 0 Å². The molecule has 1 aromatic carbocycles. The number of amidine groups is 1. The van der Waals surface area contributed by atoms with Crippen LogP contribution in [-0.2, 0) is 0 Å². The van der Waals surface area contributed by atoms with Crippen LogP contribution in [0.2, 0.25) is 0 Å². The maximum absolute atomic E-state index is 9.61. The lowest BCUT2D eigenvalue weighted by molar-refractivity contribution is 0.136. The normalized spacial score (nSPS) is 21.1. The number of rotatable bonds is 3. The predicted molar refractivity (Wildman–Crippen MR) is 77.2 cm³/mol. The van der Waals surface area contributed by atoms with Gasteiger partial charge in [-0.2, -0.15) is 0 Å². The van der Waals surface area contributed by atoms with E-state index in [4.69, 9.17) is 11.1 Å². The minimum atomic E-state index is -0.255. The highest BCUT2D eigenvalue weighted by Gasteiger charge is 2.26. The van der Waals surface area contributed by atoms with Gasteiger partial charge in [0.25, 0.3) is 0 Å². The fourth-order valence-corrected chi connectivity index (χ4v) is 2.92. The summed E-state index contributed by atoms with van der Waals surface area (Å²) >= 11 is 3.44. The second kappa shape index (κ2) is 5.28. The first-order valence-corrected chi connectivity index (χ1v) is 6.85. The molecule has 18 heavy (non-hydrogen) atoms. The average molecular weight is 312 g/mol. The molecular formula is C13H18BrN3O. The standard InChI is InChI=1S/C13H18BrN3O/c1-8(18)9-4-5-17(7-9)10-2-3-11(13(15)16)12(14)6-10/h2-3,6,8-9,18H,4-5,7H2,1H3,(H3,15,16). The second-order valence-corrected chi connectivity index (χ2v) is 5.67. The largest absolute Gasteiger partial charge is 0.393 e. The van der Waals surface area contributed by atoms with Crippen molar-refractivity contribution in [2.45, 2.75) is 19.4 Å².